The number of methoxy groups -OCH3 is 2. The number of hydrogen-bond acceptors (Lipinski definition) is 6. The fraction of sp³-hybridized carbons (Fsp3) is 0.296. The van der Waals surface area contributed by atoms with Crippen LogP contribution in [0.5, 0.6) is 11.5 Å². The van der Waals surface area contributed by atoms with E-state index in [1.807, 2.05) is 47.4 Å². The van der Waals surface area contributed by atoms with Gasteiger partial charge in [-0.15, -0.1) is 0 Å². The van der Waals surface area contributed by atoms with Crippen LogP contribution in [0, 0.1) is 0 Å². The van der Waals surface area contributed by atoms with Crippen LogP contribution in [0.15, 0.2) is 67.0 Å². The highest BCUT2D eigenvalue weighted by molar-refractivity contribution is 5.96. The Morgan fingerprint density at radius 1 is 1.06 bits per heavy atom. The first-order valence-electron chi connectivity index (χ1n) is 11.5. The second-order valence-corrected chi connectivity index (χ2v) is 8.38. The highest BCUT2D eigenvalue weighted by Gasteiger charge is 2.32. The van der Waals surface area contributed by atoms with Gasteiger partial charge in [-0.05, 0) is 47.5 Å². The Kier molecular flexibility index (Phi) is 7.50. The van der Waals surface area contributed by atoms with Gasteiger partial charge in [0.1, 0.15) is 11.5 Å². The van der Waals surface area contributed by atoms with Crippen molar-refractivity contribution in [2.75, 3.05) is 39.2 Å². The molecular formula is C27H30N4O4. The highest BCUT2D eigenvalue weighted by Crippen LogP contribution is 2.30. The molecule has 1 aromatic heterocycles. The number of amides is 2. The fourth-order valence-corrected chi connectivity index (χ4v) is 4.32. The average Bonchev–Trinajstić information content (AvgIpc) is 2.91. The molecule has 0 spiro atoms. The van der Waals surface area contributed by atoms with Crippen molar-refractivity contribution >= 4 is 17.5 Å². The van der Waals surface area contributed by atoms with Crippen molar-refractivity contribution < 1.29 is 19.1 Å². The smallest absolute Gasteiger partial charge is 0.254 e. The number of ether oxygens (including phenoxy) is 2. The molecule has 0 aliphatic carbocycles. The zero-order valence-corrected chi connectivity index (χ0v) is 20.2. The summed E-state index contributed by atoms with van der Waals surface area (Å²) in [4.78, 5) is 33.6. The number of piperazine rings is 1. The van der Waals surface area contributed by atoms with Crippen LogP contribution in [0.4, 0.5) is 5.69 Å². The van der Waals surface area contributed by atoms with E-state index in [9.17, 15) is 9.59 Å². The Bertz CT molecular complexity index is 1170. The van der Waals surface area contributed by atoms with E-state index in [2.05, 4.69) is 10.3 Å². The number of carbonyl (C=O) groups is 2. The standard InChI is InChI=1S/C27H30N4O4/c1-19(32)31-14-13-30(18-25(31)21-6-9-23(34-2)10-7-21)27(33)22-8-11-26(35-3)24(15-22)29-17-20-5-4-12-28-16-20/h4-12,15-16,25,29H,13-14,17-18H2,1-3H3. The van der Waals surface area contributed by atoms with Crippen molar-refractivity contribution in [3.05, 3.63) is 83.7 Å². The lowest BCUT2D eigenvalue weighted by atomic mass is 10.0. The molecule has 4 rings (SSSR count). The summed E-state index contributed by atoms with van der Waals surface area (Å²) in [5, 5.41) is 3.35. The SMILES string of the molecule is COc1ccc(C2CN(C(=O)c3ccc(OC)c(NCc4cccnc4)c3)CCN2C(C)=O)cc1. The Morgan fingerprint density at radius 3 is 2.51 bits per heavy atom. The number of pyridine rings is 1. The molecule has 1 aliphatic rings. The van der Waals surface area contributed by atoms with Gasteiger partial charge in [-0.1, -0.05) is 18.2 Å². The van der Waals surface area contributed by atoms with Crippen LogP contribution in [0.3, 0.4) is 0 Å². The molecule has 1 unspecified atom stereocenters. The van der Waals surface area contributed by atoms with E-state index in [0.717, 1.165) is 22.6 Å². The fourth-order valence-electron chi connectivity index (χ4n) is 4.32. The number of anilines is 1. The van der Waals surface area contributed by atoms with E-state index in [1.165, 1.54) is 0 Å². The Hall–Kier alpha value is -4.07. The van der Waals surface area contributed by atoms with Crippen molar-refractivity contribution in [1.82, 2.24) is 14.8 Å². The minimum absolute atomic E-state index is 0.00995. The van der Waals surface area contributed by atoms with Gasteiger partial charge < -0.3 is 24.6 Å². The van der Waals surface area contributed by atoms with Gasteiger partial charge in [0, 0.05) is 51.1 Å². The lowest BCUT2D eigenvalue weighted by molar-refractivity contribution is -0.133. The zero-order chi connectivity index (χ0) is 24.8. The number of hydrogen-bond donors (Lipinski definition) is 1. The molecule has 35 heavy (non-hydrogen) atoms. The molecule has 2 amide bonds. The number of nitrogens with zero attached hydrogens (tertiary/aromatic N) is 3. The number of rotatable bonds is 7. The van der Waals surface area contributed by atoms with Gasteiger partial charge in [0.05, 0.1) is 25.9 Å². The summed E-state index contributed by atoms with van der Waals surface area (Å²) in [5.41, 5.74) is 3.28. The number of aromatic nitrogens is 1. The number of benzene rings is 2. The molecule has 0 saturated carbocycles. The predicted molar refractivity (Wildman–Crippen MR) is 134 cm³/mol. The molecule has 8 nitrogen and oxygen atoms in total. The van der Waals surface area contributed by atoms with Gasteiger partial charge in [-0.3, -0.25) is 14.6 Å². The summed E-state index contributed by atoms with van der Waals surface area (Å²) >= 11 is 0. The van der Waals surface area contributed by atoms with Crippen LogP contribution >= 0.6 is 0 Å². The summed E-state index contributed by atoms with van der Waals surface area (Å²) in [6, 6.07) is 16.7. The molecule has 1 aliphatic heterocycles. The maximum Gasteiger partial charge on any atom is 0.254 e. The summed E-state index contributed by atoms with van der Waals surface area (Å²) in [6.07, 6.45) is 3.52. The first kappa shape index (κ1) is 24.1. The largest absolute Gasteiger partial charge is 0.497 e. The molecular weight excluding hydrogens is 444 g/mol. The van der Waals surface area contributed by atoms with Crippen LogP contribution in [0.25, 0.3) is 0 Å². The third-order valence-electron chi connectivity index (χ3n) is 6.22. The molecule has 0 radical (unpaired) electrons. The first-order valence-corrected chi connectivity index (χ1v) is 11.5. The molecule has 2 heterocycles. The van der Waals surface area contributed by atoms with Crippen molar-refractivity contribution in [2.45, 2.75) is 19.5 Å². The Morgan fingerprint density at radius 2 is 1.86 bits per heavy atom. The van der Waals surface area contributed by atoms with E-state index >= 15 is 0 Å². The highest BCUT2D eigenvalue weighted by atomic mass is 16.5. The van der Waals surface area contributed by atoms with E-state index in [-0.39, 0.29) is 17.9 Å². The summed E-state index contributed by atoms with van der Waals surface area (Å²) in [7, 11) is 3.22. The maximum absolute atomic E-state index is 13.5. The average molecular weight is 475 g/mol. The van der Waals surface area contributed by atoms with Crippen molar-refractivity contribution in [3.63, 3.8) is 0 Å². The lowest BCUT2D eigenvalue weighted by Crippen LogP contribution is -2.51. The van der Waals surface area contributed by atoms with Gasteiger partial charge in [0.2, 0.25) is 5.91 Å². The quantitative estimate of drug-likeness (QED) is 0.562. The molecule has 182 valence electrons. The van der Waals surface area contributed by atoms with Crippen LogP contribution < -0.4 is 14.8 Å². The first-order chi connectivity index (χ1) is 17.0. The molecule has 2 aromatic carbocycles. The van der Waals surface area contributed by atoms with Gasteiger partial charge in [0.15, 0.2) is 0 Å². The van der Waals surface area contributed by atoms with Gasteiger partial charge >= 0.3 is 0 Å². The maximum atomic E-state index is 13.5. The monoisotopic (exact) mass is 474 g/mol. The number of carbonyl (C=O) groups excluding carboxylic acids is 2. The predicted octanol–water partition coefficient (Wildman–Crippen LogP) is 3.76. The summed E-state index contributed by atoms with van der Waals surface area (Å²) in [6.45, 7) is 3.47. The Labute approximate surface area is 205 Å². The van der Waals surface area contributed by atoms with E-state index in [1.54, 1.807) is 50.6 Å². The third kappa shape index (κ3) is 5.54. The third-order valence-corrected chi connectivity index (χ3v) is 6.22. The molecule has 1 saturated heterocycles. The molecule has 1 N–H and O–H groups in total. The molecule has 1 fully saturated rings. The second kappa shape index (κ2) is 10.9. The minimum Gasteiger partial charge on any atom is -0.497 e. The van der Waals surface area contributed by atoms with E-state index < -0.39 is 0 Å². The van der Waals surface area contributed by atoms with Crippen LogP contribution in [-0.4, -0.2) is 60.5 Å². The molecule has 0 bridgehead atoms. The van der Waals surface area contributed by atoms with Crippen LogP contribution in [0.2, 0.25) is 0 Å². The lowest BCUT2D eigenvalue weighted by Gasteiger charge is -2.41. The number of nitrogens with one attached hydrogen (secondary N) is 1. The minimum atomic E-state index is -0.225. The van der Waals surface area contributed by atoms with Gasteiger partial charge in [-0.2, -0.15) is 0 Å². The van der Waals surface area contributed by atoms with E-state index in [4.69, 9.17) is 9.47 Å². The van der Waals surface area contributed by atoms with Gasteiger partial charge in [0.25, 0.3) is 5.91 Å². The van der Waals surface area contributed by atoms with E-state index in [0.29, 0.717) is 37.5 Å². The van der Waals surface area contributed by atoms with Crippen molar-refractivity contribution in [1.29, 1.82) is 0 Å². The van der Waals surface area contributed by atoms with Gasteiger partial charge in [-0.25, -0.2) is 0 Å². The topological polar surface area (TPSA) is 84.0 Å². The van der Waals surface area contributed by atoms with Crippen LogP contribution in [-0.2, 0) is 11.3 Å². The summed E-state index contributed by atoms with van der Waals surface area (Å²) < 4.78 is 10.8. The van der Waals surface area contributed by atoms with Crippen molar-refractivity contribution in [2.24, 2.45) is 0 Å². The normalized spacial score (nSPS) is 15.5. The van der Waals surface area contributed by atoms with Crippen molar-refractivity contribution in [3.8, 4) is 11.5 Å². The molecule has 8 heteroatoms. The molecule has 3 aromatic rings. The van der Waals surface area contributed by atoms with Crippen LogP contribution in [0.1, 0.15) is 34.5 Å². The second-order valence-electron chi connectivity index (χ2n) is 8.38. The summed E-state index contributed by atoms with van der Waals surface area (Å²) in [5.74, 6) is 1.31. The Balaban J connectivity index is 1.54. The molecule has 1 atom stereocenters. The zero-order valence-electron chi connectivity index (χ0n) is 20.2.